The average Bonchev–Trinajstić information content (AvgIpc) is 2.50. The minimum absolute atomic E-state index is 0.0393. The third-order valence-electron chi connectivity index (χ3n) is 4.23. The van der Waals surface area contributed by atoms with Crippen molar-refractivity contribution in [2.24, 2.45) is 5.41 Å². The summed E-state index contributed by atoms with van der Waals surface area (Å²) in [5, 5.41) is 13.7. The molecule has 1 aromatic rings. The minimum Gasteiger partial charge on any atom is -0.480 e. The molecule has 7 heteroatoms. The third kappa shape index (κ3) is 4.55. The van der Waals surface area contributed by atoms with E-state index in [1.807, 2.05) is 0 Å². The van der Waals surface area contributed by atoms with Gasteiger partial charge in [-0.15, -0.1) is 0 Å². The molecule has 0 aliphatic heterocycles. The van der Waals surface area contributed by atoms with Gasteiger partial charge in [0.05, 0.1) is 18.4 Å². The van der Waals surface area contributed by atoms with Gasteiger partial charge in [-0.05, 0) is 30.5 Å². The van der Waals surface area contributed by atoms with Crippen LogP contribution < -0.4 is 10.6 Å². The zero-order chi connectivity index (χ0) is 17.6. The van der Waals surface area contributed by atoms with Crippen molar-refractivity contribution < 1.29 is 24.2 Å². The second-order valence-electron chi connectivity index (χ2n) is 6.07. The van der Waals surface area contributed by atoms with Gasteiger partial charge in [-0.3, -0.25) is 14.4 Å². The number of hydrogen-bond donors (Lipinski definition) is 3. The lowest BCUT2D eigenvalue weighted by Crippen LogP contribution is -2.45. The van der Waals surface area contributed by atoms with E-state index in [-0.39, 0.29) is 18.2 Å². The lowest BCUT2D eigenvalue weighted by Gasteiger charge is -2.39. The summed E-state index contributed by atoms with van der Waals surface area (Å²) in [6, 6.07) is 6.94. The van der Waals surface area contributed by atoms with Crippen LogP contribution in [0, 0.1) is 5.41 Å². The molecule has 1 aliphatic rings. The molecule has 1 aliphatic carbocycles. The number of benzene rings is 1. The van der Waals surface area contributed by atoms with E-state index in [9.17, 15) is 14.4 Å². The largest absolute Gasteiger partial charge is 0.480 e. The zero-order valence-electron chi connectivity index (χ0n) is 13.6. The molecule has 1 fully saturated rings. The van der Waals surface area contributed by atoms with Crippen LogP contribution in [0.3, 0.4) is 0 Å². The van der Waals surface area contributed by atoms with E-state index in [4.69, 9.17) is 9.84 Å². The number of carboxylic acid groups (broad SMARTS) is 1. The first kappa shape index (κ1) is 17.9. The van der Waals surface area contributed by atoms with Gasteiger partial charge in [0.2, 0.25) is 11.8 Å². The smallest absolute Gasteiger partial charge is 0.322 e. The molecule has 24 heavy (non-hydrogen) atoms. The number of hydrogen-bond acceptors (Lipinski definition) is 4. The molecule has 0 atom stereocenters. The molecule has 1 aromatic carbocycles. The second kappa shape index (κ2) is 7.92. The van der Waals surface area contributed by atoms with Gasteiger partial charge >= 0.3 is 5.97 Å². The van der Waals surface area contributed by atoms with Crippen molar-refractivity contribution in [2.45, 2.75) is 25.7 Å². The van der Waals surface area contributed by atoms with Gasteiger partial charge in [0, 0.05) is 12.8 Å². The van der Waals surface area contributed by atoms with Crippen molar-refractivity contribution in [2.75, 3.05) is 25.6 Å². The van der Waals surface area contributed by atoms with Crippen LogP contribution in [0.5, 0.6) is 0 Å². The Labute approximate surface area is 140 Å². The van der Waals surface area contributed by atoms with E-state index in [2.05, 4.69) is 10.6 Å². The highest BCUT2D eigenvalue weighted by Crippen LogP contribution is 2.42. The summed E-state index contributed by atoms with van der Waals surface area (Å²) < 4.78 is 5.16. The first-order chi connectivity index (χ1) is 11.4. The molecule has 2 amide bonds. The lowest BCUT2D eigenvalue weighted by molar-refractivity contribution is -0.137. The summed E-state index contributed by atoms with van der Waals surface area (Å²) in [5.74, 6) is -1.48. The Hall–Kier alpha value is -2.41. The topological polar surface area (TPSA) is 105 Å². The zero-order valence-corrected chi connectivity index (χ0v) is 13.6. The Kier molecular flexibility index (Phi) is 5.92. The molecule has 0 unspecified atom stereocenters. The number of anilines is 1. The number of carboxylic acids is 1. The molecule has 0 saturated heterocycles. The van der Waals surface area contributed by atoms with Gasteiger partial charge in [0.25, 0.3) is 0 Å². The molecule has 3 N–H and O–H groups in total. The van der Waals surface area contributed by atoms with Crippen molar-refractivity contribution >= 4 is 23.5 Å². The monoisotopic (exact) mass is 334 g/mol. The SMILES string of the molecule is COCC1(C(=O)Nc2ccc(CC(=O)NCC(=O)O)cc2)CCC1. The summed E-state index contributed by atoms with van der Waals surface area (Å²) >= 11 is 0. The highest BCUT2D eigenvalue weighted by Gasteiger charge is 2.44. The number of carbonyl (C=O) groups excluding carboxylic acids is 2. The van der Waals surface area contributed by atoms with Crippen LogP contribution in [0.4, 0.5) is 5.69 Å². The Balaban J connectivity index is 1.89. The molecule has 130 valence electrons. The van der Waals surface area contributed by atoms with E-state index in [0.717, 1.165) is 24.8 Å². The molecule has 1 saturated carbocycles. The van der Waals surface area contributed by atoms with E-state index in [1.54, 1.807) is 31.4 Å². The first-order valence-corrected chi connectivity index (χ1v) is 7.83. The van der Waals surface area contributed by atoms with Gasteiger partial charge in [-0.25, -0.2) is 0 Å². The van der Waals surface area contributed by atoms with Crippen LogP contribution in [0.25, 0.3) is 0 Å². The maximum atomic E-state index is 12.4. The molecular weight excluding hydrogens is 312 g/mol. The Morgan fingerprint density at radius 3 is 2.38 bits per heavy atom. The Morgan fingerprint density at radius 1 is 1.21 bits per heavy atom. The molecule has 0 spiro atoms. The highest BCUT2D eigenvalue weighted by molar-refractivity contribution is 5.96. The summed E-state index contributed by atoms with van der Waals surface area (Å²) in [6.07, 6.45) is 2.78. The van der Waals surface area contributed by atoms with Crippen molar-refractivity contribution in [3.05, 3.63) is 29.8 Å². The van der Waals surface area contributed by atoms with Gasteiger partial charge in [-0.2, -0.15) is 0 Å². The number of methoxy groups -OCH3 is 1. The van der Waals surface area contributed by atoms with Gasteiger partial charge in [-0.1, -0.05) is 18.6 Å². The van der Waals surface area contributed by atoms with E-state index >= 15 is 0 Å². The maximum absolute atomic E-state index is 12.4. The van der Waals surface area contributed by atoms with Crippen LogP contribution in [0.1, 0.15) is 24.8 Å². The average molecular weight is 334 g/mol. The number of ether oxygens (including phenoxy) is 1. The standard InChI is InChI=1S/C17H22N2O5/c1-24-11-17(7-2-8-17)16(23)19-13-5-3-12(4-6-13)9-14(20)18-10-15(21)22/h3-6H,2,7-11H2,1H3,(H,18,20)(H,19,23)(H,21,22). The van der Waals surface area contributed by atoms with E-state index in [1.165, 1.54) is 0 Å². The van der Waals surface area contributed by atoms with E-state index < -0.39 is 17.9 Å². The molecule has 0 bridgehead atoms. The van der Waals surface area contributed by atoms with Crippen molar-refractivity contribution in [1.82, 2.24) is 5.32 Å². The fraction of sp³-hybridized carbons (Fsp3) is 0.471. The van der Waals surface area contributed by atoms with E-state index in [0.29, 0.717) is 12.3 Å². The predicted octanol–water partition coefficient (Wildman–Crippen LogP) is 1.19. The predicted molar refractivity (Wildman–Crippen MR) is 87.6 cm³/mol. The Morgan fingerprint density at radius 2 is 1.88 bits per heavy atom. The van der Waals surface area contributed by atoms with Gasteiger partial charge in [0.1, 0.15) is 6.54 Å². The Bertz CT molecular complexity index is 608. The first-order valence-electron chi connectivity index (χ1n) is 7.83. The molecule has 0 aromatic heterocycles. The normalized spacial score (nSPS) is 15.2. The molecular formula is C17H22N2O5. The van der Waals surface area contributed by atoms with Crippen molar-refractivity contribution in [3.8, 4) is 0 Å². The third-order valence-corrected chi connectivity index (χ3v) is 4.23. The number of carbonyl (C=O) groups is 3. The molecule has 7 nitrogen and oxygen atoms in total. The van der Waals surface area contributed by atoms with Crippen LogP contribution >= 0.6 is 0 Å². The second-order valence-corrected chi connectivity index (χ2v) is 6.07. The van der Waals surface area contributed by atoms with Crippen LogP contribution in [-0.4, -0.2) is 43.2 Å². The molecule has 2 rings (SSSR count). The van der Waals surface area contributed by atoms with Crippen LogP contribution in [-0.2, 0) is 25.5 Å². The van der Waals surface area contributed by atoms with Gasteiger partial charge in [0.15, 0.2) is 0 Å². The highest BCUT2D eigenvalue weighted by atomic mass is 16.5. The number of rotatable bonds is 8. The quantitative estimate of drug-likeness (QED) is 0.662. The summed E-state index contributed by atoms with van der Waals surface area (Å²) in [6.45, 7) is 0.0230. The molecule has 0 heterocycles. The number of amides is 2. The summed E-state index contributed by atoms with van der Waals surface area (Å²) in [4.78, 5) is 34.4. The van der Waals surface area contributed by atoms with Crippen molar-refractivity contribution in [3.63, 3.8) is 0 Å². The van der Waals surface area contributed by atoms with Crippen LogP contribution in [0.2, 0.25) is 0 Å². The van der Waals surface area contributed by atoms with Gasteiger partial charge < -0.3 is 20.5 Å². The lowest BCUT2D eigenvalue weighted by atomic mass is 9.68. The van der Waals surface area contributed by atoms with Crippen molar-refractivity contribution in [1.29, 1.82) is 0 Å². The minimum atomic E-state index is -1.08. The number of nitrogens with one attached hydrogen (secondary N) is 2. The maximum Gasteiger partial charge on any atom is 0.322 e. The summed E-state index contributed by atoms with van der Waals surface area (Å²) in [5.41, 5.74) is 0.979. The fourth-order valence-corrected chi connectivity index (χ4v) is 2.71. The van der Waals surface area contributed by atoms with Crippen LogP contribution in [0.15, 0.2) is 24.3 Å². The number of aliphatic carboxylic acids is 1. The fourth-order valence-electron chi connectivity index (χ4n) is 2.71. The summed E-state index contributed by atoms with van der Waals surface area (Å²) in [7, 11) is 1.59. The molecule has 0 radical (unpaired) electrons.